The molecular weight excluding hydrogens is 447 g/mol. The summed E-state index contributed by atoms with van der Waals surface area (Å²) in [6.07, 6.45) is 12.7. The van der Waals surface area contributed by atoms with Gasteiger partial charge in [0.05, 0.1) is 5.60 Å². The topological polar surface area (TPSA) is 82.9 Å². The molecule has 2 N–H and O–H groups in total. The zero-order chi connectivity index (χ0) is 24.4. The first-order chi connectivity index (χ1) is 16.9. The number of rotatable bonds is 5. The zero-order valence-electron chi connectivity index (χ0n) is 19.2. The lowest BCUT2D eigenvalue weighted by molar-refractivity contribution is -0.138. The lowest BCUT2D eigenvalue weighted by Gasteiger charge is -2.38. The molecule has 0 radical (unpaired) electrons. The van der Waals surface area contributed by atoms with Gasteiger partial charge in [0.25, 0.3) is 0 Å². The number of carboxylic acid groups (broad SMARTS) is 1. The molecule has 3 heterocycles. The number of hydrogen-bond acceptors (Lipinski definition) is 5. The number of fused-ring (bicyclic) bond motifs is 2. The van der Waals surface area contributed by atoms with E-state index in [1.807, 2.05) is 18.2 Å². The van der Waals surface area contributed by atoms with Crippen molar-refractivity contribution < 1.29 is 24.1 Å². The number of likely N-dealkylation sites (tertiary alicyclic amines) is 1. The van der Waals surface area contributed by atoms with Crippen molar-refractivity contribution >= 4 is 11.5 Å². The molecule has 2 aromatic rings. The van der Waals surface area contributed by atoms with Crippen LogP contribution in [0.3, 0.4) is 0 Å². The monoisotopic (exact) mass is 474 g/mol. The normalized spacial score (nSPS) is 22.3. The number of halogens is 1. The van der Waals surface area contributed by atoms with Crippen LogP contribution >= 0.6 is 0 Å². The lowest BCUT2D eigenvalue weighted by atomic mass is 9.84. The number of hydrogen-bond donors (Lipinski definition) is 2. The van der Waals surface area contributed by atoms with E-state index >= 15 is 0 Å². The van der Waals surface area contributed by atoms with Crippen LogP contribution in [-0.4, -0.2) is 45.7 Å². The van der Waals surface area contributed by atoms with E-state index in [0.29, 0.717) is 30.1 Å². The van der Waals surface area contributed by atoms with E-state index in [1.54, 1.807) is 36.6 Å². The van der Waals surface area contributed by atoms with Crippen molar-refractivity contribution in [2.24, 2.45) is 5.92 Å². The summed E-state index contributed by atoms with van der Waals surface area (Å²) in [5, 5.41) is 20.8. The molecule has 0 amide bonds. The molecule has 3 aliphatic rings. The number of benzene rings is 1. The van der Waals surface area contributed by atoms with E-state index in [4.69, 9.17) is 4.74 Å². The van der Waals surface area contributed by atoms with Gasteiger partial charge in [-0.05, 0) is 66.8 Å². The minimum Gasteiger partial charge on any atom is -0.481 e. The molecule has 0 bridgehead atoms. The van der Waals surface area contributed by atoms with Crippen molar-refractivity contribution in [3.05, 3.63) is 101 Å². The van der Waals surface area contributed by atoms with Crippen molar-refractivity contribution in [2.75, 3.05) is 19.6 Å². The number of nitrogens with zero attached hydrogens (tertiary/aromatic N) is 2. The van der Waals surface area contributed by atoms with Crippen LogP contribution in [0.25, 0.3) is 5.57 Å². The number of piperidine rings is 1. The third-order valence-corrected chi connectivity index (χ3v) is 6.91. The van der Waals surface area contributed by atoms with Gasteiger partial charge in [0, 0.05) is 37.0 Å². The standard InChI is InChI=1S/C28H27FN2O4/c29-21-10-8-20(9-11-21)28(34)12-16-31(17-13-28)15-3-4-19-18-24-23(27(32)33)5-1-7-25(24)35-26-22(19)6-2-14-30-26/h1-2,4-11,14,18,23,34H,3,12-13,15-17H2,(H,32,33). The zero-order valence-corrected chi connectivity index (χ0v) is 19.2. The average Bonchev–Trinajstić information content (AvgIpc) is 3.02. The Bertz CT molecular complexity index is 1240. The summed E-state index contributed by atoms with van der Waals surface area (Å²) >= 11 is 0. The van der Waals surface area contributed by atoms with Gasteiger partial charge in [-0.25, -0.2) is 9.37 Å². The summed E-state index contributed by atoms with van der Waals surface area (Å²) in [4.78, 5) is 18.5. The molecule has 2 aliphatic heterocycles. The molecule has 6 nitrogen and oxygen atoms in total. The van der Waals surface area contributed by atoms with Crippen LogP contribution in [0, 0.1) is 11.7 Å². The fraction of sp³-hybridized carbons (Fsp3) is 0.286. The number of carboxylic acids is 1. The van der Waals surface area contributed by atoms with E-state index in [-0.39, 0.29) is 5.82 Å². The number of carbonyl (C=O) groups is 1. The summed E-state index contributed by atoms with van der Waals surface area (Å²) in [7, 11) is 0. The van der Waals surface area contributed by atoms with Gasteiger partial charge in [0.1, 0.15) is 17.5 Å². The fourth-order valence-corrected chi connectivity index (χ4v) is 4.88. The highest BCUT2D eigenvalue weighted by molar-refractivity contribution is 5.85. The number of allylic oxidation sites excluding steroid dienone is 5. The second-order valence-corrected chi connectivity index (χ2v) is 9.12. The average molecular weight is 475 g/mol. The van der Waals surface area contributed by atoms with Crippen LogP contribution < -0.4 is 4.74 Å². The van der Waals surface area contributed by atoms with Crippen molar-refractivity contribution in [2.45, 2.75) is 24.9 Å². The van der Waals surface area contributed by atoms with Gasteiger partial charge in [-0.15, -0.1) is 0 Å². The Labute approximate surface area is 203 Å². The molecule has 1 unspecified atom stereocenters. The SMILES string of the molecule is O=C(O)C1C=CC=C2Oc3ncccc3C(=CCCN3CCC(O)(c4ccc(F)cc4)CC3)C=C21. The Morgan fingerprint density at radius 3 is 2.74 bits per heavy atom. The molecule has 1 aromatic heterocycles. The van der Waals surface area contributed by atoms with Crippen LogP contribution in [0.15, 0.2) is 84.3 Å². The quantitative estimate of drug-likeness (QED) is 0.666. The van der Waals surface area contributed by atoms with Crippen molar-refractivity contribution in [1.29, 1.82) is 0 Å². The molecule has 180 valence electrons. The maximum absolute atomic E-state index is 13.3. The summed E-state index contributed by atoms with van der Waals surface area (Å²) in [5.74, 6) is -1.06. The van der Waals surface area contributed by atoms with E-state index in [2.05, 4.69) is 16.0 Å². The summed E-state index contributed by atoms with van der Waals surface area (Å²) in [6.45, 7) is 2.27. The van der Waals surface area contributed by atoms with Gasteiger partial charge >= 0.3 is 5.97 Å². The second-order valence-electron chi connectivity index (χ2n) is 9.12. The van der Waals surface area contributed by atoms with Gasteiger partial charge < -0.3 is 19.8 Å². The first kappa shape index (κ1) is 23.2. The number of aliphatic hydroxyl groups is 1. The maximum Gasteiger partial charge on any atom is 0.315 e. The van der Waals surface area contributed by atoms with Crippen LogP contribution in [-0.2, 0) is 10.4 Å². The van der Waals surface area contributed by atoms with Crippen LogP contribution in [0.4, 0.5) is 4.39 Å². The van der Waals surface area contributed by atoms with Gasteiger partial charge in [-0.2, -0.15) is 0 Å². The molecular formula is C28H27FN2O4. The highest BCUT2D eigenvalue weighted by Crippen LogP contribution is 2.38. The predicted molar refractivity (Wildman–Crippen MR) is 130 cm³/mol. The Hall–Kier alpha value is -3.55. The molecule has 1 aliphatic carbocycles. The second kappa shape index (κ2) is 9.60. The van der Waals surface area contributed by atoms with Crippen LogP contribution in [0.5, 0.6) is 5.88 Å². The molecule has 35 heavy (non-hydrogen) atoms. The van der Waals surface area contributed by atoms with Crippen molar-refractivity contribution in [3.8, 4) is 5.88 Å². The smallest absolute Gasteiger partial charge is 0.315 e. The van der Waals surface area contributed by atoms with Gasteiger partial charge in [0.15, 0.2) is 0 Å². The Morgan fingerprint density at radius 2 is 2.00 bits per heavy atom. The van der Waals surface area contributed by atoms with Crippen molar-refractivity contribution in [1.82, 2.24) is 9.88 Å². The highest BCUT2D eigenvalue weighted by atomic mass is 19.1. The van der Waals surface area contributed by atoms with Gasteiger partial charge in [-0.1, -0.05) is 30.4 Å². The fourth-order valence-electron chi connectivity index (χ4n) is 4.88. The van der Waals surface area contributed by atoms with E-state index in [1.165, 1.54) is 12.1 Å². The number of aliphatic carboxylic acids is 1. The van der Waals surface area contributed by atoms with Crippen LogP contribution in [0.2, 0.25) is 0 Å². The number of pyridine rings is 1. The Kier molecular flexibility index (Phi) is 6.36. The maximum atomic E-state index is 13.3. The van der Waals surface area contributed by atoms with Crippen molar-refractivity contribution in [3.63, 3.8) is 0 Å². The third kappa shape index (κ3) is 4.83. The molecule has 0 spiro atoms. The summed E-state index contributed by atoms with van der Waals surface area (Å²) < 4.78 is 19.3. The Morgan fingerprint density at radius 1 is 1.23 bits per heavy atom. The molecule has 1 aromatic carbocycles. The molecule has 7 heteroatoms. The lowest BCUT2D eigenvalue weighted by Crippen LogP contribution is -2.42. The van der Waals surface area contributed by atoms with E-state index in [9.17, 15) is 19.4 Å². The summed E-state index contributed by atoms with van der Waals surface area (Å²) in [5.41, 5.74) is 2.14. The van der Waals surface area contributed by atoms with E-state index < -0.39 is 17.5 Å². The van der Waals surface area contributed by atoms with E-state index in [0.717, 1.165) is 42.8 Å². The van der Waals surface area contributed by atoms with Gasteiger partial charge in [0.2, 0.25) is 5.88 Å². The predicted octanol–water partition coefficient (Wildman–Crippen LogP) is 4.45. The molecule has 1 atom stereocenters. The molecule has 1 saturated heterocycles. The van der Waals surface area contributed by atoms with Crippen LogP contribution in [0.1, 0.15) is 30.4 Å². The first-order valence-corrected chi connectivity index (χ1v) is 11.8. The first-order valence-electron chi connectivity index (χ1n) is 11.8. The van der Waals surface area contributed by atoms with Gasteiger partial charge in [-0.3, -0.25) is 4.79 Å². The largest absolute Gasteiger partial charge is 0.481 e. The number of aromatic nitrogens is 1. The minimum absolute atomic E-state index is 0.306. The Balaban J connectivity index is 1.30. The molecule has 0 saturated carbocycles. The molecule has 5 rings (SSSR count). The highest BCUT2D eigenvalue weighted by Gasteiger charge is 2.34. The third-order valence-electron chi connectivity index (χ3n) is 6.91. The summed E-state index contributed by atoms with van der Waals surface area (Å²) in [6, 6.07) is 9.87. The minimum atomic E-state index is -0.931. The molecule has 1 fully saturated rings. The number of ether oxygens (including phenoxy) is 1.